The monoisotopic (exact) mass is 271 g/mol. The van der Waals surface area contributed by atoms with Gasteiger partial charge in [0, 0.05) is 18.3 Å². The number of aliphatic hydroxyl groups is 1. The summed E-state index contributed by atoms with van der Waals surface area (Å²) in [6.45, 7) is 7.76. The second-order valence-electron chi connectivity index (χ2n) is 7.39. The van der Waals surface area contributed by atoms with Gasteiger partial charge >= 0.3 is 0 Å². The Labute approximate surface area is 116 Å². The number of thioether (sulfide) groups is 1. The average Bonchev–Trinajstić information content (AvgIpc) is 2.25. The highest BCUT2D eigenvalue weighted by Crippen LogP contribution is 2.35. The highest BCUT2D eigenvalue weighted by molar-refractivity contribution is 7.99. The van der Waals surface area contributed by atoms with E-state index in [0.29, 0.717) is 17.4 Å². The molecule has 1 heterocycles. The van der Waals surface area contributed by atoms with Crippen molar-refractivity contribution in [2.24, 2.45) is 11.3 Å². The molecule has 0 aromatic carbocycles. The summed E-state index contributed by atoms with van der Waals surface area (Å²) in [6.07, 6.45) is 5.67. The number of rotatable bonds is 3. The van der Waals surface area contributed by atoms with E-state index in [1.807, 2.05) is 0 Å². The summed E-state index contributed by atoms with van der Waals surface area (Å²) in [5.41, 5.74) is 0.00693. The fraction of sp³-hybridized carbons (Fsp3) is 1.00. The zero-order valence-electron chi connectivity index (χ0n) is 12.2. The fourth-order valence-corrected chi connectivity index (χ4v) is 4.83. The zero-order valence-corrected chi connectivity index (χ0v) is 13.0. The van der Waals surface area contributed by atoms with E-state index in [2.05, 4.69) is 37.8 Å². The van der Waals surface area contributed by atoms with Gasteiger partial charge in [0.15, 0.2) is 0 Å². The third-order valence-electron chi connectivity index (χ3n) is 4.40. The third kappa shape index (κ3) is 4.14. The lowest BCUT2D eigenvalue weighted by atomic mass is 9.78. The lowest BCUT2D eigenvalue weighted by Gasteiger charge is -2.40. The molecule has 2 nitrogen and oxygen atoms in total. The molecule has 0 bridgehead atoms. The van der Waals surface area contributed by atoms with Crippen LogP contribution in [0.5, 0.6) is 0 Å². The van der Waals surface area contributed by atoms with E-state index in [-0.39, 0.29) is 0 Å². The molecule has 1 saturated heterocycles. The van der Waals surface area contributed by atoms with Crippen molar-refractivity contribution in [3.05, 3.63) is 0 Å². The fourth-order valence-electron chi connectivity index (χ4n) is 3.52. The standard InChI is InChI=1S/C15H29NOS/c1-12-5-4-6-15(17,7-12)10-16-13-8-14(2,3)11-18-9-13/h12-13,16-17H,4-11H2,1-3H3. The zero-order chi connectivity index (χ0) is 13.2. The van der Waals surface area contributed by atoms with Gasteiger partial charge in [-0.1, -0.05) is 33.6 Å². The number of nitrogens with one attached hydrogen (secondary N) is 1. The molecular weight excluding hydrogens is 242 g/mol. The maximum atomic E-state index is 10.6. The van der Waals surface area contributed by atoms with E-state index in [0.717, 1.165) is 19.4 Å². The molecule has 0 aromatic rings. The summed E-state index contributed by atoms with van der Waals surface area (Å²) < 4.78 is 0. The van der Waals surface area contributed by atoms with Gasteiger partial charge < -0.3 is 10.4 Å². The maximum absolute atomic E-state index is 10.6. The third-order valence-corrected chi connectivity index (χ3v) is 6.02. The molecule has 3 atom stereocenters. The van der Waals surface area contributed by atoms with Crippen LogP contribution in [0.25, 0.3) is 0 Å². The van der Waals surface area contributed by atoms with E-state index in [4.69, 9.17) is 0 Å². The second kappa shape index (κ2) is 5.72. The Hall–Kier alpha value is 0.270. The summed E-state index contributed by atoms with van der Waals surface area (Å²) in [5.74, 6) is 3.16. The quantitative estimate of drug-likeness (QED) is 0.827. The predicted octanol–water partition coefficient (Wildman–Crippen LogP) is 3.05. The van der Waals surface area contributed by atoms with E-state index >= 15 is 0 Å². The minimum atomic E-state index is -0.441. The predicted molar refractivity (Wildman–Crippen MR) is 80.1 cm³/mol. The topological polar surface area (TPSA) is 32.3 Å². The van der Waals surface area contributed by atoms with E-state index in [9.17, 15) is 5.11 Å². The largest absolute Gasteiger partial charge is 0.389 e. The summed E-state index contributed by atoms with van der Waals surface area (Å²) in [6, 6.07) is 0.583. The minimum absolute atomic E-state index is 0.441. The highest BCUT2D eigenvalue weighted by Gasteiger charge is 2.34. The molecule has 2 fully saturated rings. The van der Waals surface area contributed by atoms with Crippen LogP contribution >= 0.6 is 11.8 Å². The number of hydrogen-bond acceptors (Lipinski definition) is 3. The molecule has 2 N–H and O–H groups in total. The lowest BCUT2D eigenvalue weighted by Crippen LogP contribution is -2.49. The van der Waals surface area contributed by atoms with E-state index in [1.54, 1.807) is 0 Å². The van der Waals surface area contributed by atoms with Crippen molar-refractivity contribution in [1.29, 1.82) is 0 Å². The van der Waals surface area contributed by atoms with Crippen LogP contribution in [-0.2, 0) is 0 Å². The van der Waals surface area contributed by atoms with Crippen molar-refractivity contribution in [2.45, 2.75) is 64.5 Å². The average molecular weight is 271 g/mol. The van der Waals surface area contributed by atoms with Crippen molar-refractivity contribution in [3.8, 4) is 0 Å². The first-order chi connectivity index (χ1) is 8.39. The Kier molecular flexibility index (Phi) is 4.66. The Morgan fingerprint density at radius 2 is 2.11 bits per heavy atom. The summed E-state index contributed by atoms with van der Waals surface area (Å²) in [5, 5.41) is 14.3. The molecule has 1 aliphatic carbocycles. The molecule has 0 amide bonds. The summed E-state index contributed by atoms with van der Waals surface area (Å²) in [4.78, 5) is 0. The minimum Gasteiger partial charge on any atom is -0.389 e. The first-order valence-electron chi connectivity index (χ1n) is 7.42. The Bertz CT molecular complexity index is 282. The molecule has 3 heteroatoms. The molecule has 0 spiro atoms. The van der Waals surface area contributed by atoms with Crippen molar-refractivity contribution in [1.82, 2.24) is 5.32 Å². The molecule has 106 valence electrons. The summed E-state index contributed by atoms with van der Waals surface area (Å²) >= 11 is 2.05. The SMILES string of the molecule is CC1CCCC(O)(CNC2CSCC(C)(C)C2)C1. The van der Waals surface area contributed by atoms with Crippen LogP contribution < -0.4 is 5.32 Å². The van der Waals surface area contributed by atoms with Gasteiger partial charge in [-0.25, -0.2) is 0 Å². The molecule has 3 unspecified atom stereocenters. The van der Waals surface area contributed by atoms with Crippen molar-refractivity contribution < 1.29 is 5.11 Å². The molecule has 0 aromatic heterocycles. The molecule has 1 saturated carbocycles. The van der Waals surface area contributed by atoms with Crippen LogP contribution in [0.15, 0.2) is 0 Å². The van der Waals surface area contributed by atoms with Crippen molar-refractivity contribution >= 4 is 11.8 Å². The lowest BCUT2D eigenvalue weighted by molar-refractivity contribution is -0.0141. The Balaban J connectivity index is 1.80. The van der Waals surface area contributed by atoms with Crippen LogP contribution in [0, 0.1) is 11.3 Å². The van der Waals surface area contributed by atoms with Gasteiger partial charge in [-0.2, -0.15) is 11.8 Å². The number of hydrogen-bond donors (Lipinski definition) is 2. The smallest absolute Gasteiger partial charge is 0.0774 e. The second-order valence-corrected chi connectivity index (χ2v) is 8.42. The van der Waals surface area contributed by atoms with Gasteiger partial charge in [-0.15, -0.1) is 0 Å². The highest BCUT2D eigenvalue weighted by atomic mass is 32.2. The van der Waals surface area contributed by atoms with Crippen LogP contribution in [0.3, 0.4) is 0 Å². The van der Waals surface area contributed by atoms with E-state index in [1.165, 1.54) is 30.8 Å². The van der Waals surface area contributed by atoms with Gasteiger partial charge in [-0.05, 0) is 36.3 Å². The van der Waals surface area contributed by atoms with Gasteiger partial charge in [-0.3, -0.25) is 0 Å². The van der Waals surface area contributed by atoms with E-state index < -0.39 is 5.60 Å². The van der Waals surface area contributed by atoms with Crippen molar-refractivity contribution in [2.75, 3.05) is 18.1 Å². The van der Waals surface area contributed by atoms with Gasteiger partial charge in [0.25, 0.3) is 0 Å². The molecule has 1 aliphatic heterocycles. The van der Waals surface area contributed by atoms with Crippen LogP contribution in [0.1, 0.15) is 52.9 Å². The molecule has 2 aliphatic rings. The van der Waals surface area contributed by atoms with Crippen molar-refractivity contribution in [3.63, 3.8) is 0 Å². The van der Waals surface area contributed by atoms with Gasteiger partial charge in [0.1, 0.15) is 0 Å². The molecule has 18 heavy (non-hydrogen) atoms. The normalized spacial score (nSPS) is 40.7. The van der Waals surface area contributed by atoms with Crippen LogP contribution in [0.2, 0.25) is 0 Å². The van der Waals surface area contributed by atoms with Gasteiger partial charge in [0.05, 0.1) is 5.60 Å². The Morgan fingerprint density at radius 1 is 1.33 bits per heavy atom. The molecular formula is C15H29NOS. The Morgan fingerprint density at radius 3 is 2.78 bits per heavy atom. The molecule has 2 rings (SSSR count). The van der Waals surface area contributed by atoms with Gasteiger partial charge in [0.2, 0.25) is 0 Å². The first-order valence-corrected chi connectivity index (χ1v) is 8.58. The molecule has 0 radical (unpaired) electrons. The van der Waals surface area contributed by atoms with Crippen LogP contribution in [-0.4, -0.2) is 34.8 Å². The first kappa shape index (κ1) is 14.7. The van der Waals surface area contributed by atoms with Crippen LogP contribution in [0.4, 0.5) is 0 Å². The maximum Gasteiger partial charge on any atom is 0.0774 e. The summed E-state index contributed by atoms with van der Waals surface area (Å²) in [7, 11) is 0.